The van der Waals surface area contributed by atoms with E-state index < -0.39 is 5.41 Å². The van der Waals surface area contributed by atoms with Crippen LogP contribution in [0.15, 0.2) is 121 Å². The molecule has 0 amide bonds. The quantitative estimate of drug-likeness (QED) is 0.0299. The third-order valence-corrected chi connectivity index (χ3v) is 13.0. The summed E-state index contributed by atoms with van der Waals surface area (Å²) in [7, 11) is 0. The molecule has 0 atom stereocenters. The summed E-state index contributed by atoms with van der Waals surface area (Å²) in [4.78, 5) is 0. The Morgan fingerprint density at radius 3 is 0.733 bits per heavy atom. The maximum atomic E-state index is 6.21. The van der Waals surface area contributed by atoms with Crippen molar-refractivity contribution in [3.05, 3.63) is 192 Å². The van der Waals surface area contributed by atoms with E-state index in [4.69, 9.17) is 47.4 Å². The molecule has 5 aromatic rings. The molecule has 1 aliphatic rings. The fourth-order valence-electron chi connectivity index (χ4n) is 8.65. The molecule has 5 radical (unpaired) electrons. The van der Waals surface area contributed by atoms with Gasteiger partial charge in [-0.05, 0) is 117 Å². The standard InChI is InChI=1S/C65H85O10/c1-62(2,3)52-14-20-55(21-15-52)65(56-22-16-53(17-23-56)63(4,5)6,57-24-18-54(19-25-57)64(7,8)9)58-26-28-59(29-27-58)73-47-44-69-40-37-67-38-41-71-46-49-75-61-32-30-60(31-33-61)74-48-45-70-39-36-66-34-35-68-42-43-72-50-51-12-10-11-13-51/h10-33H,34-50H2,1-9H3. The van der Waals surface area contributed by atoms with E-state index in [2.05, 4.69) is 159 Å². The second kappa shape index (κ2) is 30.2. The molecule has 0 unspecified atom stereocenters. The van der Waals surface area contributed by atoms with E-state index in [1.807, 2.05) is 49.9 Å². The first kappa shape index (κ1) is 59.5. The van der Waals surface area contributed by atoms with Crippen molar-refractivity contribution < 1.29 is 47.4 Å². The van der Waals surface area contributed by atoms with E-state index in [-0.39, 0.29) is 16.2 Å². The van der Waals surface area contributed by atoms with Gasteiger partial charge in [0.15, 0.2) is 0 Å². The molecule has 75 heavy (non-hydrogen) atoms. The van der Waals surface area contributed by atoms with Gasteiger partial charge in [0.05, 0.1) is 97.9 Å². The van der Waals surface area contributed by atoms with Gasteiger partial charge in [-0.25, -0.2) is 0 Å². The Balaban J connectivity index is 0.845. The van der Waals surface area contributed by atoms with E-state index in [1.165, 1.54) is 44.9 Å². The van der Waals surface area contributed by atoms with Crippen LogP contribution in [0.3, 0.4) is 0 Å². The Kier molecular flexibility index (Phi) is 24.0. The topological polar surface area (TPSA) is 92.3 Å². The fraction of sp³-hybridized carbons (Fsp3) is 0.462. The van der Waals surface area contributed by atoms with Crippen LogP contribution in [0.5, 0.6) is 17.2 Å². The molecule has 0 saturated heterocycles. The molecule has 0 N–H and O–H groups in total. The van der Waals surface area contributed by atoms with Crippen LogP contribution in [0, 0.1) is 31.6 Å². The fourth-order valence-corrected chi connectivity index (χ4v) is 8.65. The van der Waals surface area contributed by atoms with Crippen LogP contribution in [0.25, 0.3) is 0 Å². The third-order valence-electron chi connectivity index (χ3n) is 13.0. The minimum Gasteiger partial charge on any atom is -0.491 e. The van der Waals surface area contributed by atoms with Crippen LogP contribution >= 0.6 is 0 Å². The van der Waals surface area contributed by atoms with Gasteiger partial charge in [0, 0.05) is 5.92 Å². The van der Waals surface area contributed by atoms with E-state index in [9.17, 15) is 0 Å². The molecule has 10 nitrogen and oxygen atoms in total. The molecule has 0 aromatic heterocycles. The average Bonchev–Trinajstić information content (AvgIpc) is 3.93. The van der Waals surface area contributed by atoms with Crippen LogP contribution in [0.2, 0.25) is 0 Å². The van der Waals surface area contributed by atoms with E-state index in [0.717, 1.165) is 17.2 Å². The van der Waals surface area contributed by atoms with E-state index in [1.54, 1.807) is 0 Å². The molecule has 0 aliphatic heterocycles. The molecule has 5 aromatic carbocycles. The van der Waals surface area contributed by atoms with Crippen molar-refractivity contribution in [3.8, 4) is 17.2 Å². The lowest BCUT2D eigenvalue weighted by Gasteiger charge is -2.38. The average molecular weight is 1030 g/mol. The van der Waals surface area contributed by atoms with Crippen molar-refractivity contribution in [3.63, 3.8) is 0 Å². The Morgan fingerprint density at radius 1 is 0.253 bits per heavy atom. The molecular weight excluding hydrogens is 941 g/mol. The van der Waals surface area contributed by atoms with Crippen molar-refractivity contribution in [2.24, 2.45) is 0 Å². The molecule has 0 heterocycles. The number of rotatable bonds is 33. The summed E-state index contributed by atoms with van der Waals surface area (Å²) < 4.78 is 57.3. The molecule has 0 spiro atoms. The molecule has 405 valence electrons. The third kappa shape index (κ3) is 19.3. The maximum Gasteiger partial charge on any atom is 0.119 e. The molecular formula is C65H85O10. The monoisotopic (exact) mass is 1030 g/mol. The molecule has 1 aliphatic carbocycles. The molecule has 1 saturated carbocycles. The predicted molar refractivity (Wildman–Crippen MR) is 300 cm³/mol. The second-order valence-electron chi connectivity index (χ2n) is 21.8. The van der Waals surface area contributed by atoms with Gasteiger partial charge >= 0.3 is 0 Å². The summed E-state index contributed by atoms with van der Waals surface area (Å²) in [5.41, 5.74) is 8.27. The minimum atomic E-state index is -0.582. The molecule has 10 heteroatoms. The summed E-state index contributed by atoms with van der Waals surface area (Å²) in [6.45, 7) is 28.7. The first-order valence-corrected chi connectivity index (χ1v) is 26.8. The summed E-state index contributed by atoms with van der Waals surface area (Å²) in [6, 6.07) is 43.9. The van der Waals surface area contributed by atoms with Crippen LogP contribution in [0.4, 0.5) is 0 Å². The summed E-state index contributed by atoms with van der Waals surface area (Å²) >= 11 is 0. The van der Waals surface area contributed by atoms with Crippen molar-refractivity contribution in [1.82, 2.24) is 0 Å². The highest BCUT2D eigenvalue weighted by molar-refractivity contribution is 5.61. The van der Waals surface area contributed by atoms with Crippen LogP contribution in [0.1, 0.15) is 101 Å². The summed E-state index contributed by atoms with van der Waals surface area (Å²) in [5.74, 6) is 3.47. The highest BCUT2D eigenvalue weighted by Crippen LogP contribution is 2.47. The largest absolute Gasteiger partial charge is 0.491 e. The zero-order valence-corrected chi connectivity index (χ0v) is 46.5. The Labute approximate surface area is 451 Å². The summed E-state index contributed by atoms with van der Waals surface area (Å²) in [5, 5.41) is 0. The molecule has 6 rings (SSSR count). The van der Waals surface area contributed by atoms with Gasteiger partial charge in [-0.2, -0.15) is 0 Å². The van der Waals surface area contributed by atoms with Gasteiger partial charge in [0.2, 0.25) is 0 Å². The van der Waals surface area contributed by atoms with Gasteiger partial charge in [0.25, 0.3) is 0 Å². The minimum absolute atomic E-state index is 0.0357. The zero-order chi connectivity index (χ0) is 53.4. The number of hydrogen-bond donors (Lipinski definition) is 0. The van der Waals surface area contributed by atoms with Gasteiger partial charge in [-0.15, -0.1) is 0 Å². The smallest absolute Gasteiger partial charge is 0.119 e. The first-order valence-electron chi connectivity index (χ1n) is 26.8. The van der Waals surface area contributed by atoms with Crippen LogP contribution in [-0.2, 0) is 54.8 Å². The second-order valence-corrected chi connectivity index (χ2v) is 21.8. The number of ether oxygens (including phenoxy) is 10. The van der Waals surface area contributed by atoms with E-state index >= 15 is 0 Å². The van der Waals surface area contributed by atoms with Crippen molar-refractivity contribution in [2.45, 2.75) is 84.0 Å². The van der Waals surface area contributed by atoms with Gasteiger partial charge < -0.3 is 47.4 Å². The predicted octanol–water partition coefficient (Wildman–Crippen LogP) is 12.3. The highest BCUT2D eigenvalue weighted by Gasteiger charge is 2.39. The lowest BCUT2D eigenvalue weighted by Crippen LogP contribution is -2.31. The molecule has 0 bridgehead atoms. The molecule has 1 fully saturated rings. The Morgan fingerprint density at radius 2 is 0.467 bits per heavy atom. The van der Waals surface area contributed by atoms with Crippen molar-refractivity contribution >= 4 is 0 Å². The van der Waals surface area contributed by atoms with Crippen molar-refractivity contribution in [2.75, 3.05) is 112 Å². The Bertz CT molecular complexity index is 2160. The Hall–Kier alpha value is -4.78. The van der Waals surface area contributed by atoms with E-state index in [0.29, 0.717) is 112 Å². The normalized spacial score (nSPS) is 13.6. The lowest BCUT2D eigenvalue weighted by atomic mass is 9.64. The first-order chi connectivity index (χ1) is 36.1. The zero-order valence-electron chi connectivity index (χ0n) is 46.5. The van der Waals surface area contributed by atoms with Crippen LogP contribution < -0.4 is 14.2 Å². The highest BCUT2D eigenvalue weighted by atomic mass is 16.6. The van der Waals surface area contributed by atoms with Crippen molar-refractivity contribution in [1.29, 1.82) is 0 Å². The summed E-state index contributed by atoms with van der Waals surface area (Å²) in [6.07, 6.45) is 8.10. The van der Waals surface area contributed by atoms with Gasteiger partial charge in [-0.3, -0.25) is 0 Å². The SMILES string of the molecule is CC(C)(C)c1ccc(C(c2ccc(OCCOCCOCCOCCOc3ccc(OCCOCCOCCOCCOC[C]4[CH][CH][CH][CH]4)cc3)cc2)(c2ccc(C(C)(C)C)cc2)c2ccc(C(C)(C)C)cc2)cc1. The van der Waals surface area contributed by atoms with Gasteiger partial charge in [0.1, 0.15) is 37.1 Å². The number of benzene rings is 5. The van der Waals surface area contributed by atoms with Crippen LogP contribution in [-0.4, -0.2) is 112 Å². The lowest BCUT2D eigenvalue weighted by molar-refractivity contribution is -0.00327. The number of hydrogen-bond acceptors (Lipinski definition) is 10. The maximum absolute atomic E-state index is 6.21. The van der Waals surface area contributed by atoms with Gasteiger partial charge in [-0.1, -0.05) is 147 Å².